The Labute approximate surface area is 43.4 Å². The van der Waals surface area contributed by atoms with Crippen LogP contribution >= 0.6 is 12.2 Å². The smallest absolute Gasteiger partial charge is 0.357 e. The van der Waals surface area contributed by atoms with Gasteiger partial charge in [0.15, 0.2) is 0 Å². The van der Waals surface area contributed by atoms with Crippen LogP contribution in [0.5, 0.6) is 0 Å². The van der Waals surface area contributed by atoms with Crippen molar-refractivity contribution in [2.24, 2.45) is 5.18 Å². The number of hydrogen-bond acceptors (Lipinski definition) is 4. The molecule has 0 atom stereocenters. The third-order valence-electron chi connectivity index (χ3n) is 0.234. The Bertz CT molecular complexity index is 120. The molecule has 0 aromatic heterocycles. The molecule has 0 aliphatic rings. The van der Waals surface area contributed by atoms with Crippen molar-refractivity contribution in [1.82, 2.24) is 0 Å². The molecule has 0 aliphatic carbocycles. The Balaban J connectivity index is 3.81. The largest absolute Gasteiger partial charge is 0.482 e. The molecular formula is CN2O3S. The van der Waals surface area contributed by atoms with Gasteiger partial charge in [0.25, 0.3) is 0 Å². The molecule has 6 heteroatoms. The molecule has 0 heterocycles. The van der Waals surface area contributed by atoms with Crippen LogP contribution < -0.4 is 0 Å². The van der Waals surface area contributed by atoms with Crippen molar-refractivity contribution in [3.8, 4) is 0 Å². The topological polar surface area (TPSA) is 72.6 Å². The average Bonchev–Trinajstić information content (AvgIpc) is 1.65. The van der Waals surface area contributed by atoms with Gasteiger partial charge >= 0.3 is 5.11 Å². The summed E-state index contributed by atoms with van der Waals surface area (Å²) >= 11 is 3.80. The highest BCUT2D eigenvalue weighted by Crippen LogP contribution is 1.76. The fourth-order valence-corrected chi connectivity index (χ4v) is 0.0333. The molecule has 0 bridgehead atoms. The number of rotatable bonds is 0. The minimum atomic E-state index is -1.03. The van der Waals surface area contributed by atoms with Crippen LogP contribution in [0.4, 0.5) is 0 Å². The molecule has 0 aliphatic heterocycles. The molecule has 0 unspecified atom stereocenters. The van der Waals surface area contributed by atoms with Crippen molar-refractivity contribution in [1.29, 1.82) is 0 Å². The van der Waals surface area contributed by atoms with E-state index in [1.165, 1.54) is 0 Å². The molecule has 0 rings (SSSR count). The highest BCUT2D eigenvalue weighted by atomic mass is 32.1. The van der Waals surface area contributed by atoms with E-state index in [4.69, 9.17) is 4.91 Å². The first-order chi connectivity index (χ1) is 3.18. The second-order valence-electron chi connectivity index (χ2n) is 0.631. The van der Waals surface area contributed by atoms with Crippen molar-refractivity contribution < 1.29 is 4.92 Å². The predicted molar refractivity (Wildman–Crippen MR) is 25.4 cm³/mol. The van der Waals surface area contributed by atoms with Crippen molar-refractivity contribution in [3.63, 3.8) is 0 Å². The number of nitro groups is 1. The van der Waals surface area contributed by atoms with E-state index in [9.17, 15) is 10.1 Å². The number of nitroso groups, excluding NO2 is 1. The van der Waals surface area contributed by atoms with Crippen LogP contribution in [-0.2, 0) is 0 Å². The number of hydrogen-bond donors (Lipinski definition) is 0. The lowest BCUT2D eigenvalue weighted by atomic mass is 11.2. The Morgan fingerprint density at radius 2 is 2.29 bits per heavy atom. The Kier molecular flexibility index (Phi) is 2.00. The van der Waals surface area contributed by atoms with Crippen molar-refractivity contribution in [3.05, 3.63) is 15.0 Å². The van der Waals surface area contributed by atoms with Crippen LogP contribution in [0, 0.1) is 15.0 Å². The second-order valence-corrected chi connectivity index (χ2v) is 0.996. The van der Waals surface area contributed by atoms with Crippen molar-refractivity contribution in [2.45, 2.75) is 0 Å². The maximum absolute atomic E-state index is 9.30. The molecule has 0 aromatic rings. The Morgan fingerprint density at radius 3 is 2.29 bits per heavy atom. The summed E-state index contributed by atoms with van der Waals surface area (Å²) in [5.41, 5.74) is 0. The molecule has 0 fully saturated rings. The second kappa shape index (κ2) is 2.30. The summed E-state index contributed by atoms with van der Waals surface area (Å²) in [5.74, 6) is 0. The summed E-state index contributed by atoms with van der Waals surface area (Å²) in [7, 11) is 0. The fourth-order valence-electron chi connectivity index (χ4n) is 0.0333. The SMILES string of the molecule is O=NC(=S)[N+](=O)[O-]. The zero-order valence-electron chi connectivity index (χ0n) is 3.03. The van der Waals surface area contributed by atoms with E-state index in [0.717, 1.165) is 0 Å². The molecule has 7 heavy (non-hydrogen) atoms. The van der Waals surface area contributed by atoms with Crippen LogP contribution in [-0.4, -0.2) is 10.0 Å². The fraction of sp³-hybridized carbons (Fsp3) is 0. The maximum atomic E-state index is 9.30. The van der Waals surface area contributed by atoms with Crippen LogP contribution in [0.3, 0.4) is 0 Å². The zero-order chi connectivity index (χ0) is 5.86. The summed E-state index contributed by atoms with van der Waals surface area (Å²) in [6.07, 6.45) is 0. The van der Waals surface area contributed by atoms with Gasteiger partial charge in [0.05, 0.1) is 0 Å². The van der Waals surface area contributed by atoms with Gasteiger partial charge in [-0.1, -0.05) is 0 Å². The molecule has 0 radical (unpaired) electrons. The molecule has 0 N–H and O–H groups in total. The Morgan fingerprint density at radius 1 is 1.86 bits per heavy atom. The lowest BCUT2D eigenvalue weighted by Crippen LogP contribution is -2.02. The number of nitrogens with zero attached hydrogens (tertiary/aromatic N) is 2. The quantitative estimate of drug-likeness (QED) is 0.199. The molecule has 0 spiro atoms. The Hall–Kier alpha value is -0.910. The van der Waals surface area contributed by atoms with Crippen LogP contribution in [0.15, 0.2) is 5.18 Å². The zero-order valence-corrected chi connectivity index (χ0v) is 3.84. The van der Waals surface area contributed by atoms with Gasteiger partial charge in [-0.05, 0) is 9.83 Å². The lowest BCUT2D eigenvalue weighted by molar-refractivity contribution is -0.347. The van der Waals surface area contributed by atoms with Crippen LogP contribution in [0.1, 0.15) is 0 Å². The predicted octanol–water partition coefficient (Wildman–Crippen LogP) is 0.314. The van der Waals surface area contributed by atoms with Gasteiger partial charge in [0.1, 0.15) is 0 Å². The lowest BCUT2D eigenvalue weighted by Gasteiger charge is -1.78. The molecule has 0 aromatic carbocycles. The summed E-state index contributed by atoms with van der Waals surface area (Å²) in [6.45, 7) is 0. The van der Waals surface area contributed by atoms with Gasteiger partial charge in [-0.3, -0.25) is 0 Å². The normalized spacial score (nSPS) is 7.43. The molecule has 0 saturated heterocycles. The van der Waals surface area contributed by atoms with Gasteiger partial charge in [-0.2, -0.15) is 0 Å². The molecule has 0 saturated carbocycles. The summed E-state index contributed by atoms with van der Waals surface area (Å²) < 4.78 is 0. The molecule has 5 nitrogen and oxygen atoms in total. The van der Waals surface area contributed by atoms with Gasteiger partial charge < -0.3 is 10.1 Å². The monoisotopic (exact) mass is 120 g/mol. The summed E-state index contributed by atoms with van der Waals surface area (Å²) in [5, 5.41) is 10.1. The van der Waals surface area contributed by atoms with Crippen molar-refractivity contribution >= 4 is 17.3 Å². The van der Waals surface area contributed by atoms with E-state index >= 15 is 0 Å². The average molecular weight is 120 g/mol. The van der Waals surface area contributed by atoms with E-state index in [-0.39, 0.29) is 0 Å². The first-order valence-electron chi connectivity index (χ1n) is 1.20. The summed E-state index contributed by atoms with van der Waals surface area (Å²) in [6, 6.07) is 0. The third-order valence-corrected chi connectivity index (χ3v) is 0.458. The first-order valence-corrected chi connectivity index (χ1v) is 1.61. The third kappa shape index (κ3) is 1.88. The van der Waals surface area contributed by atoms with Crippen LogP contribution in [0.25, 0.3) is 0 Å². The standard InChI is InChI=1S/CN2O3S/c4-2-1(7)3(5)6. The maximum Gasteiger partial charge on any atom is 0.482 e. The van der Waals surface area contributed by atoms with Gasteiger partial charge in [0, 0.05) is 12.2 Å². The highest BCUT2D eigenvalue weighted by molar-refractivity contribution is 7.79. The van der Waals surface area contributed by atoms with E-state index < -0.39 is 10.0 Å². The summed E-state index contributed by atoms with van der Waals surface area (Å²) in [4.78, 5) is 17.4. The van der Waals surface area contributed by atoms with Gasteiger partial charge in [0.2, 0.25) is 5.18 Å². The van der Waals surface area contributed by atoms with E-state index in [0.29, 0.717) is 0 Å². The highest BCUT2D eigenvalue weighted by Gasteiger charge is 2.06. The molecule has 38 valence electrons. The minimum Gasteiger partial charge on any atom is -0.357 e. The molecule has 0 amide bonds. The minimum absolute atomic E-state index is 1.03. The van der Waals surface area contributed by atoms with Crippen molar-refractivity contribution in [2.75, 3.05) is 0 Å². The van der Waals surface area contributed by atoms with Crippen LogP contribution in [0.2, 0.25) is 0 Å². The van der Waals surface area contributed by atoms with Gasteiger partial charge in [-0.25, -0.2) is 0 Å². The number of thiocarbonyl (C=S) groups is 1. The van der Waals surface area contributed by atoms with E-state index in [2.05, 4.69) is 12.2 Å². The first kappa shape index (κ1) is 6.09. The van der Waals surface area contributed by atoms with E-state index in [1.54, 1.807) is 0 Å². The van der Waals surface area contributed by atoms with E-state index in [1.807, 2.05) is 5.18 Å². The van der Waals surface area contributed by atoms with Gasteiger partial charge in [-0.15, -0.1) is 0 Å². The molecular weight excluding hydrogens is 120 g/mol.